The molecule has 74 valence electrons. The maximum absolute atomic E-state index is 12.6. The molecule has 1 saturated heterocycles. The molecule has 0 spiro atoms. The zero-order chi connectivity index (χ0) is 9.80. The van der Waals surface area contributed by atoms with E-state index in [1.54, 1.807) is 12.1 Å². The fourth-order valence-electron chi connectivity index (χ4n) is 1.52. The number of hydrogen-bond acceptors (Lipinski definition) is 1. The van der Waals surface area contributed by atoms with E-state index in [-0.39, 0.29) is 38.5 Å². The Morgan fingerprint density at radius 1 is 1.27 bits per heavy atom. The first kappa shape index (κ1) is 13.0. The number of halogens is 1. The van der Waals surface area contributed by atoms with Crippen molar-refractivity contribution in [3.05, 3.63) is 41.2 Å². The SMILES string of the molecule is Fc1[c-]cc(C=C2CCOCC2)cc1.[Y+3]. The summed E-state index contributed by atoms with van der Waals surface area (Å²) in [6, 6.07) is 7.43. The Labute approximate surface area is 115 Å². The Kier molecular flexibility index (Phi) is 5.66. The molecule has 0 radical (unpaired) electrons. The van der Waals surface area contributed by atoms with Crippen LogP contribution in [0.1, 0.15) is 18.4 Å². The molecule has 0 atom stereocenters. The van der Waals surface area contributed by atoms with Gasteiger partial charge in [-0.25, -0.2) is 4.39 Å². The first-order valence-electron chi connectivity index (χ1n) is 4.79. The minimum atomic E-state index is -0.306. The average Bonchev–Trinajstić information content (AvgIpc) is 2.23. The number of rotatable bonds is 1. The summed E-state index contributed by atoms with van der Waals surface area (Å²) in [7, 11) is 0. The quantitative estimate of drug-likeness (QED) is 0.719. The van der Waals surface area contributed by atoms with Crippen LogP contribution in [0.15, 0.2) is 23.8 Å². The van der Waals surface area contributed by atoms with Gasteiger partial charge in [-0.3, -0.25) is 0 Å². The Bertz CT molecular complexity index is 324. The third-order valence-corrected chi connectivity index (χ3v) is 2.30. The molecular formula is C12H12FOY+2. The van der Waals surface area contributed by atoms with E-state index in [0.717, 1.165) is 31.6 Å². The number of hydrogen-bond donors (Lipinski definition) is 0. The predicted octanol–water partition coefficient (Wildman–Crippen LogP) is 2.82. The zero-order valence-corrected chi connectivity index (χ0v) is 11.3. The Hall–Kier alpha value is -0.0461. The summed E-state index contributed by atoms with van der Waals surface area (Å²) in [6.07, 6.45) is 4.06. The van der Waals surface area contributed by atoms with Crippen LogP contribution in [0.5, 0.6) is 0 Å². The van der Waals surface area contributed by atoms with E-state index in [0.29, 0.717) is 0 Å². The summed E-state index contributed by atoms with van der Waals surface area (Å²) < 4.78 is 17.8. The summed E-state index contributed by atoms with van der Waals surface area (Å²) in [5.41, 5.74) is 2.39. The van der Waals surface area contributed by atoms with E-state index < -0.39 is 0 Å². The van der Waals surface area contributed by atoms with Crippen molar-refractivity contribution in [2.24, 2.45) is 0 Å². The van der Waals surface area contributed by atoms with Crippen molar-refractivity contribution in [1.29, 1.82) is 0 Å². The van der Waals surface area contributed by atoms with Gasteiger partial charge in [0, 0.05) is 5.82 Å². The number of ether oxygens (including phenoxy) is 1. The summed E-state index contributed by atoms with van der Waals surface area (Å²) in [4.78, 5) is 0. The molecular weight excluding hydrogens is 268 g/mol. The van der Waals surface area contributed by atoms with Crippen molar-refractivity contribution < 1.29 is 41.8 Å². The fourth-order valence-corrected chi connectivity index (χ4v) is 1.52. The summed E-state index contributed by atoms with van der Waals surface area (Å²) in [6.45, 7) is 1.60. The van der Waals surface area contributed by atoms with E-state index in [2.05, 4.69) is 12.1 Å². The molecule has 15 heavy (non-hydrogen) atoms. The molecule has 0 unspecified atom stereocenters. The summed E-state index contributed by atoms with van der Waals surface area (Å²) >= 11 is 0. The average molecular weight is 280 g/mol. The molecule has 0 saturated carbocycles. The van der Waals surface area contributed by atoms with Crippen LogP contribution in [-0.2, 0) is 37.4 Å². The molecule has 1 aromatic carbocycles. The van der Waals surface area contributed by atoms with Crippen LogP contribution in [0.3, 0.4) is 0 Å². The second kappa shape index (κ2) is 6.52. The van der Waals surface area contributed by atoms with Crippen molar-refractivity contribution in [1.82, 2.24) is 0 Å². The summed E-state index contributed by atoms with van der Waals surface area (Å²) in [5.74, 6) is -0.306. The molecule has 1 aliphatic heterocycles. The van der Waals surface area contributed by atoms with Gasteiger partial charge in [-0.1, -0.05) is 5.57 Å². The van der Waals surface area contributed by atoms with Gasteiger partial charge in [0.1, 0.15) is 0 Å². The van der Waals surface area contributed by atoms with Crippen molar-refractivity contribution in [3.63, 3.8) is 0 Å². The van der Waals surface area contributed by atoms with Gasteiger partial charge in [0.05, 0.1) is 13.2 Å². The summed E-state index contributed by atoms with van der Waals surface area (Å²) in [5, 5.41) is 0. The normalized spacial score (nSPS) is 15.7. The first-order valence-corrected chi connectivity index (χ1v) is 4.79. The molecule has 1 aromatic rings. The fraction of sp³-hybridized carbons (Fsp3) is 0.333. The van der Waals surface area contributed by atoms with Gasteiger partial charge in [0.2, 0.25) is 0 Å². The molecule has 0 bridgehead atoms. The van der Waals surface area contributed by atoms with E-state index >= 15 is 0 Å². The Morgan fingerprint density at radius 3 is 2.60 bits per heavy atom. The topological polar surface area (TPSA) is 9.23 Å². The molecule has 0 N–H and O–H groups in total. The molecule has 3 heteroatoms. The van der Waals surface area contributed by atoms with Crippen LogP contribution in [0.4, 0.5) is 4.39 Å². The largest absolute Gasteiger partial charge is 3.00 e. The van der Waals surface area contributed by atoms with E-state index in [1.807, 2.05) is 0 Å². The van der Waals surface area contributed by atoms with Gasteiger partial charge in [0.25, 0.3) is 0 Å². The van der Waals surface area contributed by atoms with Gasteiger partial charge in [-0.05, 0) is 12.8 Å². The van der Waals surface area contributed by atoms with Crippen LogP contribution in [0.25, 0.3) is 6.08 Å². The molecule has 1 heterocycles. The van der Waals surface area contributed by atoms with Crippen molar-refractivity contribution in [2.45, 2.75) is 12.8 Å². The minimum Gasteiger partial charge on any atom is -0.381 e. The molecule has 1 aliphatic rings. The van der Waals surface area contributed by atoms with Crippen LogP contribution in [-0.4, -0.2) is 13.2 Å². The van der Waals surface area contributed by atoms with Crippen molar-refractivity contribution in [3.8, 4) is 0 Å². The standard InChI is InChI=1S/C12H12FO.Y/c13-12-3-1-10(2-4-12)9-11-5-7-14-8-6-11;/h1-3,9H,5-8H2;/q-1;+3. The van der Waals surface area contributed by atoms with E-state index in [1.165, 1.54) is 11.6 Å². The number of benzene rings is 1. The zero-order valence-electron chi connectivity index (χ0n) is 8.50. The van der Waals surface area contributed by atoms with Gasteiger partial charge in [0.15, 0.2) is 0 Å². The van der Waals surface area contributed by atoms with Gasteiger partial charge in [-0.15, -0.1) is 23.8 Å². The van der Waals surface area contributed by atoms with Crippen LogP contribution in [0, 0.1) is 11.9 Å². The molecule has 0 amide bonds. The van der Waals surface area contributed by atoms with E-state index in [4.69, 9.17) is 4.74 Å². The predicted molar refractivity (Wildman–Crippen MR) is 53.3 cm³/mol. The van der Waals surface area contributed by atoms with Crippen LogP contribution >= 0.6 is 0 Å². The molecule has 0 aliphatic carbocycles. The Morgan fingerprint density at radius 2 is 2.00 bits per heavy atom. The molecule has 2 rings (SSSR count). The van der Waals surface area contributed by atoms with Crippen molar-refractivity contribution >= 4 is 6.08 Å². The van der Waals surface area contributed by atoms with Crippen LogP contribution < -0.4 is 0 Å². The monoisotopic (exact) mass is 280 g/mol. The maximum Gasteiger partial charge on any atom is 3.00 e. The van der Waals surface area contributed by atoms with Crippen LogP contribution in [0.2, 0.25) is 0 Å². The van der Waals surface area contributed by atoms with Gasteiger partial charge in [-0.2, -0.15) is 12.1 Å². The third-order valence-electron chi connectivity index (χ3n) is 2.30. The molecule has 1 fully saturated rings. The smallest absolute Gasteiger partial charge is 0.381 e. The van der Waals surface area contributed by atoms with Gasteiger partial charge < -0.3 is 4.74 Å². The van der Waals surface area contributed by atoms with E-state index in [9.17, 15) is 4.39 Å². The Balaban J connectivity index is 0.00000112. The second-order valence-electron chi connectivity index (χ2n) is 3.38. The molecule has 0 aromatic heterocycles. The minimum absolute atomic E-state index is 0. The second-order valence-corrected chi connectivity index (χ2v) is 3.38. The first-order chi connectivity index (χ1) is 6.84. The third kappa shape index (κ3) is 4.14. The maximum atomic E-state index is 12.6. The van der Waals surface area contributed by atoms with Crippen molar-refractivity contribution in [2.75, 3.05) is 13.2 Å². The van der Waals surface area contributed by atoms with Gasteiger partial charge >= 0.3 is 32.7 Å². The molecule has 1 nitrogen and oxygen atoms in total.